The third kappa shape index (κ3) is 4.25. The second-order valence-corrected chi connectivity index (χ2v) is 8.91. The van der Waals surface area contributed by atoms with Gasteiger partial charge in [-0.3, -0.25) is 14.9 Å². The molecule has 4 aromatic rings. The lowest BCUT2D eigenvalue weighted by Gasteiger charge is -2.27. The number of H-pyrrole nitrogens is 2. The molecule has 4 heterocycles. The largest absolute Gasteiger partial charge is 0.493 e. The van der Waals surface area contributed by atoms with E-state index in [1.807, 2.05) is 6.07 Å². The number of nitrogens with zero attached hydrogens (tertiary/aromatic N) is 5. The zero-order valence-corrected chi connectivity index (χ0v) is 18.7. The zero-order chi connectivity index (χ0) is 23.1. The number of benzene rings is 1. The van der Waals surface area contributed by atoms with E-state index in [1.165, 1.54) is 5.56 Å². The maximum absolute atomic E-state index is 11.5. The normalized spacial score (nSPS) is 18.2. The maximum Gasteiger partial charge on any atom is 0.326 e. The number of aromatic nitrogens is 5. The van der Waals surface area contributed by atoms with Crippen LogP contribution in [0.4, 0.5) is 0 Å². The van der Waals surface area contributed by atoms with Crippen molar-refractivity contribution in [3.63, 3.8) is 0 Å². The van der Waals surface area contributed by atoms with Crippen molar-refractivity contribution in [1.29, 1.82) is 0 Å². The summed E-state index contributed by atoms with van der Waals surface area (Å²) in [5, 5.41) is 18.6. The summed E-state index contributed by atoms with van der Waals surface area (Å²) in [5.41, 5.74) is 4.26. The zero-order valence-electron chi connectivity index (χ0n) is 18.7. The molecule has 1 aliphatic heterocycles. The van der Waals surface area contributed by atoms with Crippen molar-refractivity contribution >= 4 is 11.7 Å². The van der Waals surface area contributed by atoms with Gasteiger partial charge in [0.1, 0.15) is 5.69 Å². The molecule has 10 nitrogen and oxygen atoms in total. The fourth-order valence-corrected chi connectivity index (χ4v) is 4.30. The van der Waals surface area contributed by atoms with Crippen LogP contribution in [0.15, 0.2) is 46.3 Å². The number of aromatic amines is 2. The average molecular weight is 459 g/mol. The van der Waals surface area contributed by atoms with E-state index in [1.54, 1.807) is 16.8 Å². The monoisotopic (exact) mass is 458 g/mol. The van der Waals surface area contributed by atoms with Crippen molar-refractivity contribution in [2.45, 2.75) is 25.4 Å². The first-order valence-corrected chi connectivity index (χ1v) is 11.6. The van der Waals surface area contributed by atoms with Gasteiger partial charge in [-0.25, -0.2) is 9.78 Å². The van der Waals surface area contributed by atoms with Crippen LogP contribution in [0, 0.1) is 0 Å². The van der Waals surface area contributed by atoms with Crippen molar-refractivity contribution in [2.75, 3.05) is 26.2 Å². The molecule has 0 bridgehead atoms. The van der Waals surface area contributed by atoms with Crippen molar-refractivity contribution in [3.05, 3.63) is 69.0 Å². The van der Waals surface area contributed by atoms with Crippen molar-refractivity contribution < 1.29 is 5.11 Å². The van der Waals surface area contributed by atoms with E-state index in [2.05, 4.69) is 49.5 Å². The van der Waals surface area contributed by atoms with Crippen LogP contribution >= 0.6 is 0 Å². The van der Waals surface area contributed by atoms with Crippen LogP contribution in [0.3, 0.4) is 0 Å². The predicted octanol–water partition coefficient (Wildman–Crippen LogP) is 0.134. The number of hydrogen-bond donors (Lipinski definition) is 4. The highest BCUT2D eigenvalue weighted by molar-refractivity contribution is 5.64. The molecule has 34 heavy (non-hydrogen) atoms. The molecular formula is C24H26N8O2. The molecular weight excluding hydrogens is 432 g/mol. The first-order valence-electron chi connectivity index (χ1n) is 11.6. The summed E-state index contributed by atoms with van der Waals surface area (Å²) in [6, 6.07) is 10.8. The molecule has 0 unspecified atom stereocenters. The Morgan fingerprint density at radius 1 is 1.18 bits per heavy atom. The summed E-state index contributed by atoms with van der Waals surface area (Å²) < 4.78 is 1.72. The Labute approximate surface area is 194 Å². The molecule has 1 saturated heterocycles. The van der Waals surface area contributed by atoms with Crippen LogP contribution in [-0.4, -0.2) is 66.8 Å². The molecule has 0 spiro atoms. The summed E-state index contributed by atoms with van der Waals surface area (Å²) in [4.78, 5) is 28.7. The summed E-state index contributed by atoms with van der Waals surface area (Å²) in [5.74, 6) is -0.219. The van der Waals surface area contributed by atoms with Gasteiger partial charge in [0.2, 0.25) is 5.88 Å². The van der Waals surface area contributed by atoms with Crippen LogP contribution in [0.5, 0.6) is 5.88 Å². The van der Waals surface area contributed by atoms with Gasteiger partial charge < -0.3 is 15.4 Å². The smallest absolute Gasteiger partial charge is 0.326 e. The molecule has 0 atom stereocenters. The van der Waals surface area contributed by atoms with E-state index < -0.39 is 5.69 Å². The molecule has 2 aliphatic rings. The van der Waals surface area contributed by atoms with Gasteiger partial charge in [0.25, 0.3) is 0 Å². The molecule has 10 heteroatoms. The predicted molar refractivity (Wildman–Crippen MR) is 127 cm³/mol. The summed E-state index contributed by atoms with van der Waals surface area (Å²) in [7, 11) is 0. The molecule has 1 aliphatic carbocycles. The van der Waals surface area contributed by atoms with E-state index in [9.17, 15) is 9.90 Å². The lowest BCUT2D eigenvalue weighted by atomic mass is 10.1. The lowest BCUT2D eigenvalue weighted by Crippen LogP contribution is -2.42. The lowest BCUT2D eigenvalue weighted by molar-refractivity contribution is 0.233. The van der Waals surface area contributed by atoms with Gasteiger partial charge in [-0.1, -0.05) is 18.2 Å². The first kappa shape index (κ1) is 20.8. The second-order valence-electron chi connectivity index (χ2n) is 8.91. The Bertz CT molecular complexity index is 1520. The number of aromatic hydroxyl groups is 1. The Hall–Kier alpha value is -3.76. The van der Waals surface area contributed by atoms with E-state index in [-0.39, 0.29) is 11.6 Å². The maximum atomic E-state index is 11.5. The fourth-order valence-electron chi connectivity index (χ4n) is 4.30. The van der Waals surface area contributed by atoms with E-state index in [0.29, 0.717) is 16.9 Å². The number of nitrogens with one attached hydrogen (secondary N) is 3. The van der Waals surface area contributed by atoms with Crippen molar-refractivity contribution in [1.82, 2.24) is 34.8 Å². The Balaban J connectivity index is 1.46. The van der Waals surface area contributed by atoms with E-state index in [4.69, 9.17) is 9.98 Å². The van der Waals surface area contributed by atoms with Crippen LogP contribution in [-0.2, 0) is 6.54 Å². The van der Waals surface area contributed by atoms with Crippen molar-refractivity contribution in [3.8, 4) is 17.1 Å². The highest BCUT2D eigenvalue weighted by atomic mass is 16.3. The minimum atomic E-state index is -0.473. The van der Waals surface area contributed by atoms with E-state index >= 15 is 0 Å². The summed E-state index contributed by atoms with van der Waals surface area (Å²) in [6.45, 7) is 5.03. The molecule has 174 valence electrons. The number of imidazole rings is 1. The van der Waals surface area contributed by atoms with Gasteiger partial charge in [-0.15, -0.1) is 0 Å². The number of hydrogen-bond acceptors (Lipinski definition) is 7. The fraction of sp³-hybridized carbons (Fsp3) is 0.333. The van der Waals surface area contributed by atoms with Gasteiger partial charge in [-0.2, -0.15) is 9.61 Å². The van der Waals surface area contributed by atoms with Gasteiger partial charge in [0.15, 0.2) is 11.1 Å². The highest BCUT2D eigenvalue weighted by Gasteiger charge is 2.20. The Morgan fingerprint density at radius 3 is 2.79 bits per heavy atom. The number of rotatable bonds is 5. The van der Waals surface area contributed by atoms with Gasteiger partial charge in [-0.05, 0) is 30.5 Å². The Kier molecular flexibility index (Phi) is 5.23. The van der Waals surface area contributed by atoms with Gasteiger partial charge in [0.05, 0.1) is 17.9 Å². The molecule has 0 amide bonds. The third-order valence-electron chi connectivity index (χ3n) is 6.22. The molecule has 0 radical (unpaired) electrons. The van der Waals surface area contributed by atoms with Crippen LogP contribution in [0.25, 0.3) is 23.0 Å². The topological polar surface area (TPSA) is 127 Å². The van der Waals surface area contributed by atoms with Gasteiger partial charge >= 0.3 is 5.69 Å². The quantitative estimate of drug-likeness (QED) is 0.337. The molecule has 3 aromatic heterocycles. The van der Waals surface area contributed by atoms with Gasteiger partial charge in [0, 0.05) is 49.6 Å². The van der Waals surface area contributed by atoms with Crippen LogP contribution in [0.1, 0.15) is 24.1 Å². The van der Waals surface area contributed by atoms with Crippen LogP contribution < -0.4 is 21.7 Å². The third-order valence-corrected chi connectivity index (χ3v) is 6.22. The SMILES string of the molecule is O=c1[nH]c(O)c(C=c2cnn3c(=NC4CC4)cc(-c4cccc(CN5CCNCC5)c4)nc23)[nH]1. The second kappa shape index (κ2) is 8.54. The molecule has 2 fully saturated rings. The van der Waals surface area contributed by atoms with Crippen molar-refractivity contribution in [2.24, 2.45) is 4.99 Å². The summed E-state index contributed by atoms with van der Waals surface area (Å²) >= 11 is 0. The number of fused-ring (bicyclic) bond motifs is 1. The molecule has 4 N–H and O–H groups in total. The van der Waals surface area contributed by atoms with E-state index in [0.717, 1.165) is 62.3 Å². The summed E-state index contributed by atoms with van der Waals surface area (Å²) in [6.07, 6.45) is 5.49. The standard InChI is InChI=1S/C24H26N8O2/c33-23-20(29-24(34)30-23)11-17-13-26-32-21(27-18-4-5-18)12-19(28-22(17)32)16-3-1-2-15(10-16)14-31-8-6-25-7-9-31/h1-3,10-13,18,25,33H,4-9,14H2,(H2,29,30,34). The Morgan fingerprint density at radius 2 is 2.03 bits per heavy atom. The molecule has 1 saturated carbocycles. The molecule has 1 aromatic carbocycles. The van der Waals surface area contributed by atoms with Crippen LogP contribution in [0.2, 0.25) is 0 Å². The average Bonchev–Trinajstić information content (AvgIpc) is 3.48. The molecule has 6 rings (SSSR count). The minimum absolute atomic E-state index is 0.219. The minimum Gasteiger partial charge on any atom is -0.493 e. The first-order chi connectivity index (χ1) is 16.6. The highest BCUT2D eigenvalue weighted by Crippen LogP contribution is 2.23. The number of piperazine rings is 1.